The summed E-state index contributed by atoms with van der Waals surface area (Å²) in [5.41, 5.74) is 0. The first-order valence-electron chi connectivity index (χ1n) is 8.40. The zero-order valence-electron chi connectivity index (χ0n) is 13.2. The van der Waals surface area contributed by atoms with Crippen LogP contribution in [0, 0.1) is 17.8 Å². The van der Waals surface area contributed by atoms with Gasteiger partial charge in [-0.05, 0) is 43.6 Å². The molecular formula is C17H35N. The highest BCUT2D eigenvalue weighted by Gasteiger charge is 2.24. The SMILES string of the molecule is CCCCC(CC)CNC1CCCC(C(C)C)C1. The monoisotopic (exact) mass is 253 g/mol. The van der Waals surface area contributed by atoms with Gasteiger partial charge in [-0.25, -0.2) is 0 Å². The molecule has 0 aromatic heterocycles. The van der Waals surface area contributed by atoms with Gasteiger partial charge in [-0.2, -0.15) is 0 Å². The molecule has 0 radical (unpaired) electrons. The normalized spacial score (nSPS) is 26.5. The first-order chi connectivity index (χ1) is 8.67. The second-order valence-electron chi connectivity index (χ2n) is 6.69. The van der Waals surface area contributed by atoms with Gasteiger partial charge >= 0.3 is 0 Å². The van der Waals surface area contributed by atoms with E-state index in [0.29, 0.717) is 0 Å². The molecular weight excluding hydrogens is 218 g/mol. The van der Waals surface area contributed by atoms with Crippen molar-refractivity contribution in [3.8, 4) is 0 Å². The van der Waals surface area contributed by atoms with Crippen molar-refractivity contribution in [3.63, 3.8) is 0 Å². The highest BCUT2D eigenvalue weighted by Crippen LogP contribution is 2.30. The van der Waals surface area contributed by atoms with Gasteiger partial charge in [-0.3, -0.25) is 0 Å². The molecule has 3 unspecified atom stereocenters. The molecule has 0 heterocycles. The second-order valence-corrected chi connectivity index (χ2v) is 6.69. The maximum absolute atomic E-state index is 3.87. The Bertz CT molecular complexity index is 200. The Morgan fingerprint density at radius 3 is 2.56 bits per heavy atom. The highest BCUT2D eigenvalue weighted by molar-refractivity contribution is 4.80. The lowest BCUT2D eigenvalue weighted by molar-refractivity contribution is 0.224. The summed E-state index contributed by atoms with van der Waals surface area (Å²) in [5.74, 6) is 2.74. The second kappa shape index (κ2) is 8.96. The summed E-state index contributed by atoms with van der Waals surface area (Å²) < 4.78 is 0. The van der Waals surface area contributed by atoms with Crippen LogP contribution in [-0.4, -0.2) is 12.6 Å². The number of hydrogen-bond acceptors (Lipinski definition) is 1. The molecule has 1 heteroatoms. The first-order valence-corrected chi connectivity index (χ1v) is 8.40. The molecule has 1 fully saturated rings. The Hall–Kier alpha value is -0.0400. The molecule has 0 saturated heterocycles. The van der Waals surface area contributed by atoms with E-state index in [-0.39, 0.29) is 0 Å². The van der Waals surface area contributed by atoms with Gasteiger partial charge in [0, 0.05) is 6.04 Å². The molecule has 108 valence electrons. The average molecular weight is 253 g/mol. The molecule has 1 saturated carbocycles. The summed E-state index contributed by atoms with van der Waals surface area (Å²) in [7, 11) is 0. The fourth-order valence-corrected chi connectivity index (χ4v) is 3.30. The predicted molar refractivity (Wildman–Crippen MR) is 81.9 cm³/mol. The van der Waals surface area contributed by atoms with Gasteiger partial charge in [0.05, 0.1) is 0 Å². The molecule has 0 aromatic rings. The van der Waals surface area contributed by atoms with Crippen molar-refractivity contribution in [2.24, 2.45) is 17.8 Å². The van der Waals surface area contributed by atoms with Gasteiger partial charge in [-0.15, -0.1) is 0 Å². The van der Waals surface area contributed by atoms with Gasteiger partial charge in [0.1, 0.15) is 0 Å². The maximum atomic E-state index is 3.87. The van der Waals surface area contributed by atoms with Crippen LogP contribution in [0.2, 0.25) is 0 Å². The molecule has 1 N–H and O–H groups in total. The van der Waals surface area contributed by atoms with Crippen LogP contribution in [0.5, 0.6) is 0 Å². The van der Waals surface area contributed by atoms with E-state index < -0.39 is 0 Å². The maximum Gasteiger partial charge on any atom is 0.00699 e. The lowest BCUT2D eigenvalue weighted by Crippen LogP contribution is -2.38. The molecule has 0 aliphatic heterocycles. The van der Waals surface area contributed by atoms with E-state index in [1.807, 2.05) is 0 Å². The molecule has 0 bridgehead atoms. The van der Waals surface area contributed by atoms with Crippen LogP contribution in [0.3, 0.4) is 0 Å². The van der Waals surface area contributed by atoms with Crippen LogP contribution in [0.25, 0.3) is 0 Å². The van der Waals surface area contributed by atoms with E-state index in [2.05, 4.69) is 33.0 Å². The Morgan fingerprint density at radius 2 is 1.94 bits per heavy atom. The van der Waals surface area contributed by atoms with Crippen LogP contribution >= 0.6 is 0 Å². The van der Waals surface area contributed by atoms with Crippen molar-refractivity contribution in [2.45, 2.75) is 85.1 Å². The van der Waals surface area contributed by atoms with Crippen molar-refractivity contribution in [2.75, 3.05) is 6.54 Å². The van der Waals surface area contributed by atoms with Crippen LogP contribution in [0.4, 0.5) is 0 Å². The van der Waals surface area contributed by atoms with Gasteiger partial charge in [0.25, 0.3) is 0 Å². The Morgan fingerprint density at radius 1 is 1.17 bits per heavy atom. The number of unbranched alkanes of at least 4 members (excludes halogenated alkanes) is 1. The van der Waals surface area contributed by atoms with Crippen molar-refractivity contribution < 1.29 is 0 Å². The quantitative estimate of drug-likeness (QED) is 0.641. The van der Waals surface area contributed by atoms with Crippen molar-refractivity contribution in [1.29, 1.82) is 0 Å². The largest absolute Gasteiger partial charge is 0.314 e. The summed E-state index contributed by atoms with van der Waals surface area (Å²) in [6, 6.07) is 0.807. The molecule has 1 rings (SSSR count). The Kier molecular flexibility index (Phi) is 7.97. The number of rotatable bonds is 8. The summed E-state index contributed by atoms with van der Waals surface area (Å²) >= 11 is 0. The summed E-state index contributed by atoms with van der Waals surface area (Å²) in [5, 5.41) is 3.87. The van der Waals surface area contributed by atoms with Crippen LogP contribution in [0.1, 0.15) is 79.1 Å². The molecule has 0 spiro atoms. The van der Waals surface area contributed by atoms with Crippen LogP contribution in [-0.2, 0) is 0 Å². The fourth-order valence-electron chi connectivity index (χ4n) is 3.30. The molecule has 3 atom stereocenters. The minimum atomic E-state index is 0.807. The summed E-state index contributed by atoms with van der Waals surface area (Å²) in [4.78, 5) is 0. The van der Waals surface area contributed by atoms with Gasteiger partial charge in [-0.1, -0.05) is 59.8 Å². The van der Waals surface area contributed by atoms with E-state index in [4.69, 9.17) is 0 Å². The third-order valence-corrected chi connectivity index (χ3v) is 4.90. The molecule has 1 nitrogen and oxygen atoms in total. The zero-order chi connectivity index (χ0) is 13.4. The Balaban J connectivity index is 2.24. The van der Waals surface area contributed by atoms with Crippen molar-refractivity contribution in [3.05, 3.63) is 0 Å². The number of nitrogens with one attached hydrogen (secondary N) is 1. The highest BCUT2D eigenvalue weighted by atomic mass is 14.9. The lowest BCUT2D eigenvalue weighted by Gasteiger charge is -2.33. The van der Waals surface area contributed by atoms with Crippen molar-refractivity contribution >= 4 is 0 Å². The summed E-state index contributed by atoms with van der Waals surface area (Å²) in [6.45, 7) is 10.7. The Labute approximate surface area is 115 Å². The molecule has 1 aliphatic rings. The lowest BCUT2D eigenvalue weighted by atomic mass is 9.79. The average Bonchev–Trinajstić information content (AvgIpc) is 2.39. The molecule has 1 aliphatic carbocycles. The fraction of sp³-hybridized carbons (Fsp3) is 1.00. The predicted octanol–water partition coefficient (Wildman–Crippen LogP) is 5.01. The molecule has 0 aromatic carbocycles. The van der Waals surface area contributed by atoms with E-state index in [0.717, 1.165) is 23.8 Å². The molecule has 0 amide bonds. The van der Waals surface area contributed by atoms with Gasteiger partial charge < -0.3 is 5.32 Å². The topological polar surface area (TPSA) is 12.0 Å². The standard InChI is InChI=1S/C17H35N/c1-5-7-9-15(6-2)13-18-17-11-8-10-16(12-17)14(3)4/h14-18H,5-13H2,1-4H3. The third kappa shape index (κ3) is 5.73. The van der Waals surface area contributed by atoms with Gasteiger partial charge in [0.15, 0.2) is 0 Å². The van der Waals surface area contributed by atoms with E-state index in [9.17, 15) is 0 Å². The first kappa shape index (κ1) is 16.0. The minimum absolute atomic E-state index is 0.807. The van der Waals surface area contributed by atoms with Gasteiger partial charge in [0.2, 0.25) is 0 Å². The van der Waals surface area contributed by atoms with E-state index in [1.165, 1.54) is 57.9 Å². The van der Waals surface area contributed by atoms with Crippen molar-refractivity contribution in [1.82, 2.24) is 5.32 Å². The zero-order valence-corrected chi connectivity index (χ0v) is 13.2. The van der Waals surface area contributed by atoms with Crippen LogP contribution in [0.15, 0.2) is 0 Å². The smallest absolute Gasteiger partial charge is 0.00699 e. The molecule has 18 heavy (non-hydrogen) atoms. The number of hydrogen-bond donors (Lipinski definition) is 1. The third-order valence-electron chi connectivity index (χ3n) is 4.90. The summed E-state index contributed by atoms with van der Waals surface area (Å²) in [6.07, 6.45) is 11.2. The van der Waals surface area contributed by atoms with E-state index in [1.54, 1.807) is 0 Å². The van der Waals surface area contributed by atoms with Crippen LogP contribution < -0.4 is 5.32 Å². The van der Waals surface area contributed by atoms with E-state index >= 15 is 0 Å². The minimum Gasteiger partial charge on any atom is -0.314 e.